The molecule has 1 fully saturated rings. The minimum Gasteiger partial charge on any atom is -0.469 e. The zero-order valence-electron chi connectivity index (χ0n) is 12.0. The first-order chi connectivity index (χ1) is 9.26. The van der Waals surface area contributed by atoms with Gasteiger partial charge in [0.15, 0.2) is 0 Å². The first-order valence-electron chi connectivity index (χ1n) is 6.25. The highest BCUT2D eigenvalue weighted by molar-refractivity contribution is 5.86. The molecule has 0 aliphatic heterocycles. The van der Waals surface area contributed by atoms with Crippen LogP contribution in [0.25, 0.3) is 0 Å². The van der Waals surface area contributed by atoms with Crippen molar-refractivity contribution in [2.24, 2.45) is 11.8 Å². The van der Waals surface area contributed by atoms with Crippen LogP contribution in [0.4, 0.5) is 4.79 Å². The van der Waals surface area contributed by atoms with Crippen molar-refractivity contribution in [3.05, 3.63) is 0 Å². The molecule has 3 atom stereocenters. The van der Waals surface area contributed by atoms with Crippen molar-refractivity contribution in [2.75, 3.05) is 7.11 Å². The number of carbonyl (C=O) groups excluding carboxylic acids is 4. The molecule has 1 saturated carbocycles. The predicted octanol–water partition coefficient (Wildman–Crippen LogP) is 0.756. The normalized spacial score (nSPS) is 24.5. The van der Waals surface area contributed by atoms with Crippen LogP contribution in [-0.2, 0) is 23.9 Å². The standard InChI is InChI=1S/C13H19NO6/c1-13(2,3)20-12(18)14(7-16)10-8(5-6-15)9(10)11(17)19-4/h6-10H,5H2,1-4H3/t8-,9+,10-/m1/s1. The molecule has 0 bridgehead atoms. The maximum atomic E-state index is 11.9. The number of amides is 2. The number of imide groups is 1. The summed E-state index contributed by atoms with van der Waals surface area (Å²) >= 11 is 0. The van der Waals surface area contributed by atoms with Crippen LogP contribution in [0, 0.1) is 11.8 Å². The predicted molar refractivity (Wildman–Crippen MR) is 67.6 cm³/mol. The van der Waals surface area contributed by atoms with Crippen LogP contribution in [0.15, 0.2) is 0 Å². The Morgan fingerprint density at radius 1 is 1.25 bits per heavy atom. The van der Waals surface area contributed by atoms with Crippen molar-refractivity contribution in [1.82, 2.24) is 4.90 Å². The van der Waals surface area contributed by atoms with Gasteiger partial charge in [-0.1, -0.05) is 0 Å². The third kappa shape index (κ3) is 3.55. The average molecular weight is 285 g/mol. The summed E-state index contributed by atoms with van der Waals surface area (Å²) < 4.78 is 9.70. The van der Waals surface area contributed by atoms with Gasteiger partial charge in [-0.2, -0.15) is 0 Å². The fraction of sp³-hybridized carbons (Fsp3) is 0.692. The summed E-state index contributed by atoms with van der Waals surface area (Å²) in [5.74, 6) is -1.61. The Bertz CT molecular complexity index is 414. The van der Waals surface area contributed by atoms with E-state index in [1.54, 1.807) is 20.8 Å². The second-order valence-corrected chi connectivity index (χ2v) is 5.60. The van der Waals surface area contributed by atoms with Gasteiger partial charge >= 0.3 is 12.1 Å². The number of nitrogens with zero attached hydrogens (tertiary/aromatic N) is 1. The number of aldehydes is 1. The molecule has 7 heteroatoms. The number of ether oxygens (including phenoxy) is 2. The average Bonchev–Trinajstić information content (AvgIpc) is 3.01. The van der Waals surface area contributed by atoms with E-state index in [1.165, 1.54) is 7.11 Å². The molecule has 1 rings (SSSR count). The van der Waals surface area contributed by atoms with Crippen LogP contribution in [0.3, 0.4) is 0 Å². The Kier molecular flexibility index (Phi) is 4.86. The third-order valence-electron chi connectivity index (χ3n) is 3.01. The summed E-state index contributed by atoms with van der Waals surface area (Å²) in [5.41, 5.74) is -0.756. The molecule has 0 N–H and O–H groups in total. The largest absolute Gasteiger partial charge is 0.469 e. The van der Waals surface area contributed by atoms with Gasteiger partial charge in [0.05, 0.1) is 19.1 Å². The highest BCUT2D eigenvalue weighted by Crippen LogP contribution is 2.46. The van der Waals surface area contributed by atoms with E-state index in [0.717, 1.165) is 4.90 Å². The minimum atomic E-state index is -0.834. The van der Waals surface area contributed by atoms with E-state index in [9.17, 15) is 19.2 Å². The summed E-state index contributed by atoms with van der Waals surface area (Å²) in [6.07, 6.45) is 0.218. The molecule has 0 aromatic carbocycles. The van der Waals surface area contributed by atoms with Gasteiger partial charge in [0.1, 0.15) is 11.9 Å². The van der Waals surface area contributed by atoms with Crippen molar-refractivity contribution in [3.63, 3.8) is 0 Å². The molecule has 20 heavy (non-hydrogen) atoms. The van der Waals surface area contributed by atoms with Gasteiger partial charge in [-0.3, -0.25) is 9.59 Å². The van der Waals surface area contributed by atoms with Crippen LogP contribution in [0.1, 0.15) is 27.2 Å². The van der Waals surface area contributed by atoms with E-state index in [2.05, 4.69) is 4.74 Å². The highest BCUT2D eigenvalue weighted by Gasteiger charge is 2.60. The Morgan fingerprint density at radius 3 is 2.25 bits per heavy atom. The summed E-state index contributed by atoms with van der Waals surface area (Å²) in [4.78, 5) is 46.0. The Morgan fingerprint density at radius 2 is 1.85 bits per heavy atom. The lowest BCUT2D eigenvalue weighted by Crippen LogP contribution is -2.39. The minimum absolute atomic E-state index is 0.0809. The van der Waals surface area contributed by atoms with E-state index in [4.69, 9.17) is 4.74 Å². The number of methoxy groups -OCH3 is 1. The zero-order valence-corrected chi connectivity index (χ0v) is 12.0. The smallest absolute Gasteiger partial charge is 0.417 e. The van der Waals surface area contributed by atoms with Gasteiger partial charge in [0.25, 0.3) is 0 Å². The monoisotopic (exact) mass is 285 g/mol. The van der Waals surface area contributed by atoms with Crippen LogP contribution in [-0.4, -0.2) is 48.4 Å². The number of hydrogen-bond donors (Lipinski definition) is 0. The van der Waals surface area contributed by atoms with Crippen LogP contribution in [0.5, 0.6) is 0 Å². The number of rotatable bonds is 5. The van der Waals surface area contributed by atoms with Crippen molar-refractivity contribution >= 4 is 24.8 Å². The second kappa shape index (κ2) is 6.02. The van der Waals surface area contributed by atoms with E-state index in [0.29, 0.717) is 12.7 Å². The Balaban J connectivity index is 2.83. The quantitative estimate of drug-likeness (QED) is 0.547. The summed E-state index contributed by atoms with van der Waals surface area (Å²) in [5, 5.41) is 0. The number of carbonyl (C=O) groups is 4. The van der Waals surface area contributed by atoms with E-state index in [-0.39, 0.29) is 6.42 Å². The zero-order chi connectivity index (χ0) is 15.5. The fourth-order valence-corrected chi connectivity index (χ4v) is 2.13. The van der Waals surface area contributed by atoms with Crippen molar-refractivity contribution < 1.29 is 28.7 Å². The maximum absolute atomic E-state index is 11.9. The Labute approximate surface area is 117 Å². The molecule has 0 saturated heterocycles. The molecule has 0 unspecified atom stereocenters. The summed E-state index contributed by atoms with van der Waals surface area (Å²) in [7, 11) is 1.22. The summed E-state index contributed by atoms with van der Waals surface area (Å²) in [6, 6.07) is -0.681. The van der Waals surface area contributed by atoms with Crippen molar-refractivity contribution in [3.8, 4) is 0 Å². The van der Waals surface area contributed by atoms with Gasteiger partial charge in [-0.25, -0.2) is 9.69 Å². The molecule has 0 heterocycles. The summed E-state index contributed by atoms with van der Waals surface area (Å²) in [6.45, 7) is 5.00. The molecule has 0 radical (unpaired) electrons. The first kappa shape index (κ1) is 16.1. The van der Waals surface area contributed by atoms with Gasteiger partial charge in [0, 0.05) is 12.3 Å². The van der Waals surface area contributed by atoms with E-state index in [1.807, 2.05) is 0 Å². The van der Waals surface area contributed by atoms with Crippen molar-refractivity contribution in [2.45, 2.75) is 38.8 Å². The molecule has 7 nitrogen and oxygen atoms in total. The Hall–Kier alpha value is -1.92. The molecule has 1 aliphatic carbocycles. The van der Waals surface area contributed by atoms with Crippen LogP contribution < -0.4 is 0 Å². The maximum Gasteiger partial charge on any atom is 0.417 e. The van der Waals surface area contributed by atoms with Gasteiger partial charge in [0.2, 0.25) is 6.41 Å². The first-order valence-corrected chi connectivity index (χ1v) is 6.25. The topological polar surface area (TPSA) is 90.0 Å². The number of hydrogen-bond acceptors (Lipinski definition) is 6. The lowest BCUT2D eigenvalue weighted by atomic mass is 10.2. The van der Waals surface area contributed by atoms with E-state index >= 15 is 0 Å². The fourth-order valence-electron chi connectivity index (χ4n) is 2.13. The molecular formula is C13H19NO6. The van der Waals surface area contributed by atoms with Gasteiger partial charge in [-0.15, -0.1) is 0 Å². The molecule has 1 aliphatic rings. The van der Waals surface area contributed by atoms with Crippen LogP contribution >= 0.6 is 0 Å². The van der Waals surface area contributed by atoms with E-state index < -0.39 is 35.5 Å². The second-order valence-electron chi connectivity index (χ2n) is 5.60. The molecule has 112 valence electrons. The van der Waals surface area contributed by atoms with Gasteiger partial charge in [-0.05, 0) is 20.8 Å². The van der Waals surface area contributed by atoms with Gasteiger partial charge < -0.3 is 14.3 Å². The number of esters is 1. The molecule has 0 aromatic rings. The molecular weight excluding hydrogens is 266 g/mol. The van der Waals surface area contributed by atoms with Crippen molar-refractivity contribution in [1.29, 1.82) is 0 Å². The lowest BCUT2D eigenvalue weighted by molar-refractivity contribution is -0.142. The lowest BCUT2D eigenvalue weighted by Gasteiger charge is -2.24. The molecule has 2 amide bonds. The highest BCUT2D eigenvalue weighted by atomic mass is 16.6. The van der Waals surface area contributed by atoms with Crippen LogP contribution in [0.2, 0.25) is 0 Å². The SMILES string of the molecule is COC(=O)[C@H]1[C@@H](CC=O)[C@H]1N(C=O)C(=O)OC(C)(C)C. The molecule has 0 aromatic heterocycles. The third-order valence-corrected chi connectivity index (χ3v) is 3.01. The molecule has 0 spiro atoms.